The van der Waals surface area contributed by atoms with Crippen LogP contribution in [0.1, 0.15) is 75.5 Å². The quantitative estimate of drug-likeness (QED) is 0.216. The van der Waals surface area contributed by atoms with Crippen LogP contribution in [0.5, 0.6) is 11.5 Å². The Balaban J connectivity index is 1.51. The lowest BCUT2D eigenvalue weighted by atomic mass is 9.88. The Morgan fingerprint density at radius 1 is 0.805 bits per heavy atom. The molecule has 0 unspecified atom stereocenters. The fourth-order valence-corrected chi connectivity index (χ4v) is 5.38. The van der Waals surface area contributed by atoms with Crippen LogP contribution in [0.2, 0.25) is 0 Å². The van der Waals surface area contributed by atoms with Crippen LogP contribution in [0.4, 0.5) is 4.79 Å². The molecule has 1 aliphatic rings. The molecular formula is C36H46N2O3. The summed E-state index contributed by atoms with van der Waals surface area (Å²) in [5.41, 5.74) is 6.12. The molecule has 1 fully saturated rings. The predicted octanol–water partition coefficient (Wildman–Crippen LogP) is 8.28. The van der Waals surface area contributed by atoms with Crippen molar-refractivity contribution in [1.82, 2.24) is 10.2 Å². The average Bonchev–Trinajstić information content (AvgIpc) is 3.28. The molecule has 0 radical (unpaired) electrons. The van der Waals surface area contributed by atoms with Crippen molar-refractivity contribution in [1.29, 1.82) is 0 Å². The van der Waals surface area contributed by atoms with E-state index in [1.54, 1.807) is 0 Å². The number of hydrogen-bond acceptors (Lipinski definition) is 4. The van der Waals surface area contributed by atoms with Crippen molar-refractivity contribution in [2.75, 3.05) is 32.8 Å². The zero-order valence-electron chi connectivity index (χ0n) is 24.9. The van der Waals surface area contributed by atoms with Gasteiger partial charge in [0.2, 0.25) is 0 Å². The summed E-state index contributed by atoms with van der Waals surface area (Å²) in [6.45, 7) is 9.00. The highest BCUT2D eigenvalue weighted by Crippen LogP contribution is 2.32. The number of carbonyl (C=O) groups is 1. The van der Waals surface area contributed by atoms with E-state index >= 15 is 0 Å². The van der Waals surface area contributed by atoms with Crippen LogP contribution in [0.15, 0.2) is 84.4 Å². The second-order valence-corrected chi connectivity index (χ2v) is 10.8. The minimum Gasteiger partial charge on any atom is -0.492 e. The summed E-state index contributed by atoms with van der Waals surface area (Å²) < 4.78 is 11.6. The van der Waals surface area contributed by atoms with Crippen molar-refractivity contribution in [2.45, 2.75) is 65.2 Å². The number of hydrogen-bond donors (Lipinski definition) is 1. The third-order valence-corrected chi connectivity index (χ3v) is 7.71. The summed E-state index contributed by atoms with van der Waals surface area (Å²) in [5, 5.41) is 2.81. The van der Waals surface area contributed by atoms with E-state index in [-0.39, 0.29) is 0 Å². The number of ether oxygens (including phenoxy) is 2. The number of amides is 1. The number of unbranched alkanes of at least 4 members (excludes halogenated alkanes) is 1. The SMILES string of the molecule is CCCCNC(=O)Oc1ccc(/C(=C(/CC)Cc2ccccc2)c2ccc(OCCN3CCCCCC3)cc2)cc1. The molecule has 5 nitrogen and oxygen atoms in total. The van der Waals surface area contributed by atoms with Crippen molar-refractivity contribution in [3.63, 3.8) is 0 Å². The normalized spacial score (nSPS) is 14.6. The van der Waals surface area contributed by atoms with Crippen LogP contribution >= 0.6 is 0 Å². The fourth-order valence-electron chi connectivity index (χ4n) is 5.38. The Kier molecular flexibility index (Phi) is 12.3. The Morgan fingerprint density at radius 2 is 1.44 bits per heavy atom. The zero-order chi connectivity index (χ0) is 28.7. The second-order valence-electron chi connectivity index (χ2n) is 10.8. The maximum atomic E-state index is 12.1. The van der Waals surface area contributed by atoms with Crippen molar-refractivity contribution in [3.8, 4) is 11.5 Å². The highest BCUT2D eigenvalue weighted by atomic mass is 16.6. The van der Waals surface area contributed by atoms with Gasteiger partial charge in [0.15, 0.2) is 0 Å². The largest absolute Gasteiger partial charge is 0.492 e. The molecule has 1 heterocycles. The molecule has 1 saturated heterocycles. The summed E-state index contributed by atoms with van der Waals surface area (Å²) in [4.78, 5) is 14.7. The molecule has 1 N–H and O–H groups in total. The Bertz CT molecular complexity index is 1210. The fraction of sp³-hybridized carbons (Fsp3) is 0.417. The molecule has 5 heteroatoms. The highest BCUT2D eigenvalue weighted by molar-refractivity contribution is 5.83. The van der Waals surface area contributed by atoms with E-state index in [4.69, 9.17) is 9.47 Å². The topological polar surface area (TPSA) is 50.8 Å². The predicted molar refractivity (Wildman–Crippen MR) is 169 cm³/mol. The molecule has 1 aliphatic heterocycles. The minimum absolute atomic E-state index is 0.410. The Morgan fingerprint density at radius 3 is 2.05 bits per heavy atom. The lowest BCUT2D eigenvalue weighted by molar-refractivity contribution is 0.200. The Labute approximate surface area is 246 Å². The van der Waals surface area contributed by atoms with Gasteiger partial charge in [-0.25, -0.2) is 4.79 Å². The molecular weight excluding hydrogens is 508 g/mol. The van der Waals surface area contributed by atoms with E-state index in [1.807, 2.05) is 12.1 Å². The summed E-state index contributed by atoms with van der Waals surface area (Å²) in [7, 11) is 0. The number of benzene rings is 3. The standard InChI is InChI=1S/C36H46N2O3/c1-3-5-23-37-36(39)41-34-21-17-32(18-22-34)35(30(4-2)28-29-13-9-8-10-14-29)31-15-19-33(20-16-31)40-27-26-38-24-11-6-7-12-25-38/h8-10,13-22H,3-7,11-12,23-28H2,1-2H3,(H,37,39)/b35-30-. The van der Waals surface area contributed by atoms with Gasteiger partial charge in [-0.15, -0.1) is 0 Å². The molecule has 0 atom stereocenters. The van der Waals surface area contributed by atoms with Gasteiger partial charge in [-0.2, -0.15) is 0 Å². The van der Waals surface area contributed by atoms with Crippen molar-refractivity contribution < 1.29 is 14.3 Å². The van der Waals surface area contributed by atoms with E-state index in [0.29, 0.717) is 18.9 Å². The molecule has 1 amide bonds. The number of carbonyl (C=O) groups excluding carboxylic acids is 1. The maximum Gasteiger partial charge on any atom is 0.412 e. The number of likely N-dealkylation sites (tertiary alicyclic amines) is 1. The average molecular weight is 555 g/mol. The summed E-state index contributed by atoms with van der Waals surface area (Å²) >= 11 is 0. The van der Waals surface area contributed by atoms with Gasteiger partial charge >= 0.3 is 6.09 Å². The number of nitrogens with zero attached hydrogens (tertiary/aromatic N) is 1. The van der Waals surface area contributed by atoms with Gasteiger partial charge in [0.05, 0.1) is 0 Å². The molecule has 4 rings (SSSR count). The third-order valence-electron chi connectivity index (χ3n) is 7.71. The van der Waals surface area contributed by atoms with Crippen LogP contribution in [-0.2, 0) is 6.42 Å². The minimum atomic E-state index is -0.410. The highest BCUT2D eigenvalue weighted by Gasteiger charge is 2.14. The maximum absolute atomic E-state index is 12.1. The van der Waals surface area contributed by atoms with Crippen molar-refractivity contribution in [2.24, 2.45) is 0 Å². The first-order valence-electron chi connectivity index (χ1n) is 15.4. The lowest BCUT2D eigenvalue weighted by Crippen LogP contribution is -2.29. The van der Waals surface area contributed by atoms with Crippen LogP contribution in [-0.4, -0.2) is 43.8 Å². The van der Waals surface area contributed by atoms with Crippen LogP contribution < -0.4 is 14.8 Å². The number of allylic oxidation sites excluding steroid dienone is 1. The van der Waals surface area contributed by atoms with Crippen LogP contribution in [0, 0.1) is 0 Å². The van der Waals surface area contributed by atoms with Gasteiger partial charge in [0.25, 0.3) is 0 Å². The lowest BCUT2D eigenvalue weighted by Gasteiger charge is -2.20. The molecule has 0 spiro atoms. The molecule has 0 bridgehead atoms. The summed E-state index contributed by atoms with van der Waals surface area (Å²) in [5.74, 6) is 1.44. The van der Waals surface area contributed by atoms with Gasteiger partial charge in [0, 0.05) is 13.1 Å². The third kappa shape index (κ3) is 9.79. The number of rotatable bonds is 13. The van der Waals surface area contributed by atoms with Gasteiger partial charge in [-0.05, 0) is 91.7 Å². The van der Waals surface area contributed by atoms with Crippen molar-refractivity contribution in [3.05, 3.63) is 101 Å². The smallest absolute Gasteiger partial charge is 0.412 e. The van der Waals surface area contributed by atoms with Gasteiger partial charge in [-0.3, -0.25) is 4.90 Å². The first-order valence-corrected chi connectivity index (χ1v) is 15.4. The van der Waals surface area contributed by atoms with E-state index in [9.17, 15) is 4.79 Å². The van der Waals surface area contributed by atoms with E-state index in [2.05, 4.69) is 90.8 Å². The van der Waals surface area contributed by atoms with Gasteiger partial charge in [0.1, 0.15) is 18.1 Å². The molecule has 218 valence electrons. The monoisotopic (exact) mass is 554 g/mol. The summed E-state index contributed by atoms with van der Waals surface area (Å²) in [6, 6.07) is 27.0. The zero-order valence-corrected chi connectivity index (χ0v) is 24.9. The van der Waals surface area contributed by atoms with Crippen molar-refractivity contribution >= 4 is 11.7 Å². The molecule has 41 heavy (non-hydrogen) atoms. The molecule has 0 aliphatic carbocycles. The first-order chi connectivity index (χ1) is 20.2. The van der Waals surface area contributed by atoms with Gasteiger partial charge in [-0.1, -0.05) is 93.3 Å². The second kappa shape index (κ2) is 16.6. The molecule has 3 aromatic rings. The molecule has 0 saturated carbocycles. The van der Waals surface area contributed by atoms with E-state index < -0.39 is 6.09 Å². The Hall–Kier alpha value is -3.57. The number of nitrogens with one attached hydrogen (secondary N) is 1. The van der Waals surface area contributed by atoms with Crippen LogP contribution in [0.3, 0.4) is 0 Å². The van der Waals surface area contributed by atoms with Gasteiger partial charge < -0.3 is 14.8 Å². The first kappa shape index (κ1) is 30.4. The van der Waals surface area contributed by atoms with E-state index in [0.717, 1.165) is 49.1 Å². The van der Waals surface area contributed by atoms with E-state index in [1.165, 1.54) is 55.5 Å². The summed E-state index contributed by atoms with van der Waals surface area (Å²) in [6.07, 6.45) is 8.65. The molecule has 0 aromatic heterocycles. The van der Waals surface area contributed by atoms with Crippen LogP contribution in [0.25, 0.3) is 5.57 Å². The molecule has 3 aromatic carbocycles.